The lowest BCUT2D eigenvalue weighted by Crippen LogP contribution is -2.31. The topological polar surface area (TPSA) is 84.6 Å². The first-order valence-corrected chi connectivity index (χ1v) is 10.5. The zero-order chi connectivity index (χ0) is 19.6. The molecule has 2 aromatic heterocycles. The number of fused-ring (bicyclic) bond motifs is 3. The molecule has 0 saturated carbocycles. The molecular formula is C21H26N8. The highest BCUT2D eigenvalue weighted by Crippen LogP contribution is 2.40. The molecule has 0 unspecified atom stereocenters. The third-order valence-corrected chi connectivity index (χ3v) is 5.82. The molecule has 8 nitrogen and oxygen atoms in total. The second-order valence-electron chi connectivity index (χ2n) is 7.88. The molecule has 29 heavy (non-hydrogen) atoms. The van der Waals surface area contributed by atoms with Gasteiger partial charge in [0.1, 0.15) is 12.1 Å². The van der Waals surface area contributed by atoms with Crippen LogP contribution in [-0.2, 0) is 13.5 Å². The lowest BCUT2D eigenvalue weighted by molar-refractivity contribution is 0.228. The fourth-order valence-corrected chi connectivity index (χ4v) is 4.37. The Balaban J connectivity index is 1.30. The van der Waals surface area contributed by atoms with Crippen molar-refractivity contribution in [3.05, 3.63) is 35.8 Å². The van der Waals surface area contributed by atoms with E-state index in [1.165, 1.54) is 48.3 Å². The van der Waals surface area contributed by atoms with Crippen molar-refractivity contribution >= 4 is 5.82 Å². The summed E-state index contributed by atoms with van der Waals surface area (Å²) >= 11 is 0. The van der Waals surface area contributed by atoms with Crippen LogP contribution in [0.15, 0.2) is 24.5 Å². The van der Waals surface area contributed by atoms with Gasteiger partial charge < -0.3 is 10.2 Å². The number of piperidine rings is 1. The molecule has 0 radical (unpaired) electrons. The molecule has 3 aromatic rings. The molecule has 0 amide bonds. The number of nitrogens with one attached hydrogen (secondary N) is 1. The molecule has 5 rings (SSSR count). The molecule has 150 valence electrons. The predicted molar refractivity (Wildman–Crippen MR) is 111 cm³/mol. The van der Waals surface area contributed by atoms with E-state index in [1.54, 1.807) is 13.4 Å². The number of benzene rings is 1. The maximum atomic E-state index is 4.54. The zero-order valence-corrected chi connectivity index (χ0v) is 16.8. The van der Waals surface area contributed by atoms with Gasteiger partial charge >= 0.3 is 0 Å². The van der Waals surface area contributed by atoms with E-state index < -0.39 is 0 Å². The van der Waals surface area contributed by atoms with Gasteiger partial charge in [-0.2, -0.15) is 4.80 Å². The van der Waals surface area contributed by atoms with E-state index in [0.717, 1.165) is 48.6 Å². The average molecular weight is 390 g/mol. The van der Waals surface area contributed by atoms with Crippen molar-refractivity contribution in [2.24, 2.45) is 7.05 Å². The molecule has 0 bridgehead atoms. The zero-order valence-electron chi connectivity index (χ0n) is 16.8. The number of hydrogen-bond acceptors (Lipinski definition) is 7. The van der Waals surface area contributed by atoms with Crippen LogP contribution in [0.5, 0.6) is 0 Å². The second-order valence-corrected chi connectivity index (χ2v) is 7.88. The van der Waals surface area contributed by atoms with Gasteiger partial charge in [-0.15, -0.1) is 10.2 Å². The van der Waals surface area contributed by atoms with Crippen molar-refractivity contribution in [2.45, 2.75) is 32.1 Å². The van der Waals surface area contributed by atoms with Crippen LogP contribution in [0.4, 0.5) is 5.82 Å². The van der Waals surface area contributed by atoms with Crippen molar-refractivity contribution in [1.29, 1.82) is 0 Å². The first-order valence-electron chi connectivity index (χ1n) is 10.5. The molecule has 2 aliphatic rings. The molecule has 1 fully saturated rings. The minimum atomic E-state index is 0.647. The standard InChI is InChI=1S/C21H26N8/c1-28-26-20(25-27-28)15-6-7-17-16(12-15)13-18-19(17)21(24-14-23-18)22-8-5-11-29-9-3-2-4-10-29/h6-7,12,14H,2-5,8-11,13H2,1H3,(H,22,23,24). The molecule has 1 aliphatic carbocycles. The third kappa shape index (κ3) is 3.72. The summed E-state index contributed by atoms with van der Waals surface area (Å²) in [6.07, 6.45) is 7.68. The number of nitrogens with zero attached hydrogens (tertiary/aromatic N) is 7. The summed E-state index contributed by atoms with van der Waals surface area (Å²) in [4.78, 5) is 13.1. The van der Waals surface area contributed by atoms with Crippen LogP contribution in [0.1, 0.15) is 36.9 Å². The maximum absolute atomic E-state index is 4.54. The molecular weight excluding hydrogens is 364 g/mol. The number of rotatable bonds is 6. The van der Waals surface area contributed by atoms with Crippen LogP contribution < -0.4 is 5.32 Å². The minimum absolute atomic E-state index is 0.647. The van der Waals surface area contributed by atoms with E-state index in [-0.39, 0.29) is 0 Å². The number of hydrogen-bond donors (Lipinski definition) is 1. The van der Waals surface area contributed by atoms with Crippen LogP contribution in [0, 0.1) is 0 Å². The first kappa shape index (κ1) is 18.2. The van der Waals surface area contributed by atoms with Crippen LogP contribution in [0.25, 0.3) is 22.5 Å². The molecule has 1 N–H and O–H groups in total. The number of anilines is 1. The fraction of sp³-hybridized carbons (Fsp3) is 0.476. The molecule has 0 spiro atoms. The van der Waals surface area contributed by atoms with Gasteiger partial charge in [-0.25, -0.2) is 9.97 Å². The third-order valence-electron chi connectivity index (χ3n) is 5.82. The van der Waals surface area contributed by atoms with Crippen molar-refractivity contribution in [1.82, 2.24) is 35.1 Å². The highest BCUT2D eigenvalue weighted by atomic mass is 15.6. The largest absolute Gasteiger partial charge is 0.369 e. The molecule has 3 heterocycles. The van der Waals surface area contributed by atoms with Crippen molar-refractivity contribution in [3.63, 3.8) is 0 Å². The normalized spacial score (nSPS) is 15.9. The van der Waals surface area contributed by atoms with E-state index in [1.807, 2.05) is 0 Å². The minimum Gasteiger partial charge on any atom is -0.369 e. The van der Waals surface area contributed by atoms with Gasteiger partial charge in [0.05, 0.1) is 12.7 Å². The monoisotopic (exact) mass is 390 g/mol. The van der Waals surface area contributed by atoms with Crippen molar-refractivity contribution < 1.29 is 0 Å². The number of likely N-dealkylation sites (tertiary alicyclic amines) is 1. The van der Waals surface area contributed by atoms with Gasteiger partial charge in [0.25, 0.3) is 0 Å². The van der Waals surface area contributed by atoms with E-state index in [9.17, 15) is 0 Å². The Morgan fingerprint density at radius 3 is 2.83 bits per heavy atom. The Hall–Kier alpha value is -2.87. The van der Waals surface area contributed by atoms with E-state index in [0.29, 0.717) is 5.82 Å². The van der Waals surface area contributed by atoms with Crippen LogP contribution in [0.2, 0.25) is 0 Å². The Bertz CT molecular complexity index is 1010. The van der Waals surface area contributed by atoms with Gasteiger partial charge in [0.2, 0.25) is 5.82 Å². The SMILES string of the molecule is Cn1nnc(-c2ccc3c(c2)Cc2ncnc(NCCCN4CCCCC4)c2-3)n1. The predicted octanol–water partition coefficient (Wildman–Crippen LogP) is 2.53. The summed E-state index contributed by atoms with van der Waals surface area (Å²) in [7, 11) is 1.78. The van der Waals surface area contributed by atoms with Crippen molar-refractivity contribution in [2.75, 3.05) is 31.5 Å². The first-order chi connectivity index (χ1) is 14.3. The number of aromatic nitrogens is 6. The Kier molecular flexibility index (Phi) is 4.93. The summed E-state index contributed by atoms with van der Waals surface area (Å²) in [5.74, 6) is 1.59. The molecule has 0 atom stereocenters. The van der Waals surface area contributed by atoms with Crippen LogP contribution in [-0.4, -0.2) is 61.3 Å². The van der Waals surface area contributed by atoms with Crippen LogP contribution >= 0.6 is 0 Å². The van der Waals surface area contributed by atoms with Gasteiger partial charge in [-0.1, -0.05) is 18.6 Å². The molecule has 1 aliphatic heterocycles. The highest BCUT2D eigenvalue weighted by molar-refractivity contribution is 5.85. The molecule has 8 heteroatoms. The quantitative estimate of drug-likeness (QED) is 0.506. The summed E-state index contributed by atoms with van der Waals surface area (Å²) in [5, 5.41) is 15.9. The van der Waals surface area contributed by atoms with Gasteiger partial charge in [0, 0.05) is 24.1 Å². The Morgan fingerprint density at radius 1 is 1.10 bits per heavy atom. The highest BCUT2D eigenvalue weighted by Gasteiger charge is 2.24. The van der Waals surface area contributed by atoms with E-state index in [4.69, 9.17) is 0 Å². The van der Waals surface area contributed by atoms with Gasteiger partial charge in [-0.05, 0) is 61.3 Å². The smallest absolute Gasteiger partial charge is 0.204 e. The Morgan fingerprint density at radius 2 is 2.00 bits per heavy atom. The Labute approximate surface area is 170 Å². The lowest BCUT2D eigenvalue weighted by Gasteiger charge is -2.26. The maximum Gasteiger partial charge on any atom is 0.204 e. The van der Waals surface area contributed by atoms with Crippen LogP contribution in [0.3, 0.4) is 0 Å². The summed E-state index contributed by atoms with van der Waals surface area (Å²) in [6.45, 7) is 4.58. The summed E-state index contributed by atoms with van der Waals surface area (Å²) in [6, 6.07) is 6.33. The van der Waals surface area contributed by atoms with E-state index in [2.05, 4.69) is 53.8 Å². The van der Waals surface area contributed by atoms with Gasteiger partial charge in [-0.3, -0.25) is 0 Å². The van der Waals surface area contributed by atoms with E-state index >= 15 is 0 Å². The fourth-order valence-electron chi connectivity index (χ4n) is 4.37. The number of aryl methyl sites for hydroxylation is 1. The summed E-state index contributed by atoms with van der Waals surface area (Å²) < 4.78 is 0. The molecule has 1 aromatic carbocycles. The average Bonchev–Trinajstić information content (AvgIpc) is 3.35. The molecule has 1 saturated heterocycles. The van der Waals surface area contributed by atoms with Gasteiger partial charge in [0.15, 0.2) is 0 Å². The summed E-state index contributed by atoms with van der Waals surface area (Å²) in [5.41, 5.74) is 5.64. The number of tetrazole rings is 1. The lowest BCUT2D eigenvalue weighted by atomic mass is 10.0. The van der Waals surface area contributed by atoms with Crippen molar-refractivity contribution in [3.8, 4) is 22.5 Å². The second kappa shape index (κ2) is 7.87.